The van der Waals surface area contributed by atoms with E-state index in [9.17, 15) is 9.59 Å². The van der Waals surface area contributed by atoms with Gasteiger partial charge in [0.15, 0.2) is 0 Å². The van der Waals surface area contributed by atoms with Gasteiger partial charge in [-0.2, -0.15) is 0 Å². The first-order valence-corrected chi connectivity index (χ1v) is 4.18. The van der Waals surface area contributed by atoms with Crippen LogP contribution in [0.5, 0.6) is 5.75 Å². The first kappa shape index (κ1) is 10.2. The summed E-state index contributed by atoms with van der Waals surface area (Å²) in [7, 11) is 0. The highest BCUT2D eigenvalue weighted by molar-refractivity contribution is 5.82. The number of amides is 1. The Morgan fingerprint density at radius 3 is 2.50 bits per heavy atom. The quantitative estimate of drug-likeness (QED) is 0.788. The van der Waals surface area contributed by atoms with Crippen LogP contribution in [-0.2, 0) is 4.79 Å². The lowest BCUT2D eigenvalue weighted by atomic mass is 10.3. The van der Waals surface area contributed by atoms with Crippen molar-refractivity contribution >= 4 is 11.9 Å². The fraction of sp³-hybridized carbons (Fsp3) is 0.200. The topological polar surface area (TPSA) is 55.4 Å². The van der Waals surface area contributed by atoms with Crippen LogP contribution in [0, 0.1) is 0 Å². The first-order chi connectivity index (χ1) is 6.68. The Kier molecular flexibility index (Phi) is 3.67. The second-order valence-corrected chi connectivity index (χ2v) is 2.76. The summed E-state index contributed by atoms with van der Waals surface area (Å²) in [5.41, 5.74) is 0. The molecule has 1 aromatic carbocycles. The van der Waals surface area contributed by atoms with Gasteiger partial charge in [-0.25, -0.2) is 4.79 Å². The molecule has 0 aliphatic heterocycles. The van der Waals surface area contributed by atoms with Crippen LogP contribution in [0.2, 0.25) is 0 Å². The highest BCUT2D eigenvalue weighted by Crippen LogP contribution is 2.07. The van der Waals surface area contributed by atoms with Crippen LogP contribution in [0.3, 0.4) is 0 Å². The Labute approximate surface area is 81.9 Å². The lowest BCUT2D eigenvalue weighted by Gasteiger charge is -2.03. The fourth-order valence-corrected chi connectivity index (χ4v) is 0.828. The minimum Gasteiger partial charge on any atom is -0.410 e. The summed E-state index contributed by atoms with van der Waals surface area (Å²) < 4.78 is 4.86. The zero-order valence-corrected chi connectivity index (χ0v) is 7.82. The van der Waals surface area contributed by atoms with E-state index in [1.54, 1.807) is 24.3 Å². The smallest absolute Gasteiger partial charge is 0.410 e. The average Bonchev–Trinajstić information content (AvgIpc) is 2.16. The largest absolute Gasteiger partial charge is 0.412 e. The SMILES string of the molecule is CC(=O)CNC(=O)Oc1ccccc1. The standard InChI is InChI=1S/C10H11NO3/c1-8(12)7-11-10(13)14-9-5-3-2-4-6-9/h2-6H,7H2,1H3,(H,11,13). The van der Waals surface area contributed by atoms with Crippen molar-refractivity contribution in [2.24, 2.45) is 0 Å². The molecule has 0 atom stereocenters. The monoisotopic (exact) mass is 193 g/mol. The maximum absolute atomic E-state index is 11.0. The van der Waals surface area contributed by atoms with Gasteiger partial charge in [0.05, 0.1) is 6.54 Å². The van der Waals surface area contributed by atoms with Crippen LogP contribution in [0.4, 0.5) is 4.79 Å². The van der Waals surface area contributed by atoms with Crippen molar-refractivity contribution in [3.05, 3.63) is 30.3 Å². The van der Waals surface area contributed by atoms with E-state index in [2.05, 4.69) is 5.32 Å². The molecule has 0 aromatic heterocycles. The third-order valence-electron chi connectivity index (χ3n) is 1.44. The van der Waals surface area contributed by atoms with Crippen molar-refractivity contribution in [2.75, 3.05) is 6.54 Å². The van der Waals surface area contributed by atoms with Gasteiger partial charge in [-0.3, -0.25) is 4.79 Å². The second-order valence-electron chi connectivity index (χ2n) is 2.76. The van der Waals surface area contributed by atoms with Gasteiger partial charge in [0.1, 0.15) is 11.5 Å². The molecular formula is C10H11NO3. The summed E-state index contributed by atoms with van der Waals surface area (Å²) in [4.78, 5) is 21.6. The van der Waals surface area contributed by atoms with E-state index >= 15 is 0 Å². The molecular weight excluding hydrogens is 182 g/mol. The molecule has 1 rings (SSSR count). The summed E-state index contributed by atoms with van der Waals surface area (Å²) in [6.45, 7) is 1.38. The molecule has 14 heavy (non-hydrogen) atoms. The third-order valence-corrected chi connectivity index (χ3v) is 1.44. The van der Waals surface area contributed by atoms with Crippen LogP contribution in [0.25, 0.3) is 0 Å². The predicted octanol–water partition coefficient (Wildman–Crippen LogP) is 1.36. The summed E-state index contributed by atoms with van der Waals surface area (Å²) in [6.07, 6.45) is -0.619. The number of nitrogens with one attached hydrogen (secondary N) is 1. The molecule has 1 aromatic rings. The zero-order chi connectivity index (χ0) is 10.4. The second kappa shape index (κ2) is 5.01. The molecule has 0 unspecified atom stereocenters. The van der Waals surface area contributed by atoms with Crippen molar-refractivity contribution < 1.29 is 14.3 Å². The van der Waals surface area contributed by atoms with Gasteiger partial charge in [0.2, 0.25) is 0 Å². The molecule has 4 heteroatoms. The number of rotatable bonds is 3. The molecule has 0 saturated carbocycles. The Balaban J connectivity index is 2.38. The number of hydrogen-bond donors (Lipinski definition) is 1. The lowest BCUT2D eigenvalue weighted by Crippen LogP contribution is -2.30. The maximum atomic E-state index is 11.0. The van der Waals surface area contributed by atoms with Gasteiger partial charge in [0, 0.05) is 0 Å². The van der Waals surface area contributed by atoms with Crippen molar-refractivity contribution in [3.63, 3.8) is 0 Å². The summed E-state index contributed by atoms with van der Waals surface area (Å²) in [5.74, 6) is 0.337. The molecule has 0 saturated heterocycles. The van der Waals surface area contributed by atoms with Crippen molar-refractivity contribution in [1.82, 2.24) is 5.32 Å². The Bertz CT molecular complexity index is 321. The normalized spacial score (nSPS) is 9.21. The molecule has 0 heterocycles. The molecule has 0 aliphatic rings. The van der Waals surface area contributed by atoms with Gasteiger partial charge in [-0.05, 0) is 19.1 Å². The van der Waals surface area contributed by atoms with Crippen LogP contribution < -0.4 is 10.1 Å². The molecule has 1 amide bonds. The molecule has 0 fully saturated rings. The number of ketones is 1. The van der Waals surface area contributed by atoms with Gasteiger partial charge in [-0.1, -0.05) is 18.2 Å². The first-order valence-electron chi connectivity index (χ1n) is 4.18. The highest BCUT2D eigenvalue weighted by Gasteiger charge is 2.03. The predicted molar refractivity (Wildman–Crippen MR) is 51.1 cm³/mol. The van der Waals surface area contributed by atoms with Gasteiger partial charge in [-0.15, -0.1) is 0 Å². The van der Waals surface area contributed by atoms with E-state index in [4.69, 9.17) is 4.74 Å². The third kappa shape index (κ3) is 3.71. The number of benzene rings is 1. The molecule has 0 aliphatic carbocycles. The number of ether oxygens (including phenoxy) is 1. The Morgan fingerprint density at radius 2 is 1.93 bits per heavy atom. The number of para-hydroxylation sites is 1. The van der Waals surface area contributed by atoms with Gasteiger partial charge >= 0.3 is 6.09 Å². The summed E-state index contributed by atoms with van der Waals surface area (Å²) in [6, 6.07) is 8.65. The number of Topliss-reactive ketones (excluding diaryl/α,β-unsaturated/α-hetero) is 1. The van der Waals surface area contributed by atoms with Gasteiger partial charge < -0.3 is 10.1 Å². The van der Waals surface area contributed by atoms with E-state index in [1.807, 2.05) is 6.07 Å². The minimum atomic E-state index is -0.619. The van der Waals surface area contributed by atoms with Crippen LogP contribution >= 0.6 is 0 Å². The van der Waals surface area contributed by atoms with Crippen molar-refractivity contribution in [2.45, 2.75) is 6.92 Å². The number of carbonyl (C=O) groups excluding carboxylic acids is 2. The number of carbonyl (C=O) groups is 2. The Morgan fingerprint density at radius 1 is 1.29 bits per heavy atom. The highest BCUT2D eigenvalue weighted by atomic mass is 16.6. The van der Waals surface area contributed by atoms with E-state index in [1.165, 1.54) is 6.92 Å². The molecule has 0 spiro atoms. The van der Waals surface area contributed by atoms with E-state index in [0.29, 0.717) is 5.75 Å². The maximum Gasteiger partial charge on any atom is 0.412 e. The van der Waals surface area contributed by atoms with Crippen LogP contribution in [-0.4, -0.2) is 18.4 Å². The fourth-order valence-electron chi connectivity index (χ4n) is 0.828. The summed E-state index contributed by atoms with van der Waals surface area (Å²) in [5, 5.41) is 2.32. The van der Waals surface area contributed by atoms with E-state index in [0.717, 1.165) is 0 Å². The zero-order valence-electron chi connectivity index (χ0n) is 7.82. The molecule has 0 bridgehead atoms. The molecule has 74 valence electrons. The Hall–Kier alpha value is -1.84. The molecule has 4 nitrogen and oxygen atoms in total. The lowest BCUT2D eigenvalue weighted by molar-refractivity contribution is -0.116. The molecule has 1 N–H and O–H groups in total. The van der Waals surface area contributed by atoms with Crippen molar-refractivity contribution in [3.8, 4) is 5.75 Å². The molecule has 0 radical (unpaired) electrons. The summed E-state index contributed by atoms with van der Waals surface area (Å²) >= 11 is 0. The average molecular weight is 193 g/mol. The van der Waals surface area contributed by atoms with E-state index < -0.39 is 6.09 Å². The van der Waals surface area contributed by atoms with Crippen LogP contribution in [0.15, 0.2) is 30.3 Å². The van der Waals surface area contributed by atoms with Crippen molar-refractivity contribution in [1.29, 1.82) is 0 Å². The van der Waals surface area contributed by atoms with E-state index in [-0.39, 0.29) is 12.3 Å². The number of hydrogen-bond acceptors (Lipinski definition) is 3. The minimum absolute atomic E-state index is 0.00827. The van der Waals surface area contributed by atoms with Gasteiger partial charge in [0.25, 0.3) is 0 Å². The van der Waals surface area contributed by atoms with Crippen LogP contribution in [0.1, 0.15) is 6.92 Å².